The minimum Gasteiger partial charge on any atom is -0.494 e. The lowest BCUT2D eigenvalue weighted by Crippen LogP contribution is -2.49. The van der Waals surface area contributed by atoms with Gasteiger partial charge in [-0.1, -0.05) is 6.07 Å². The summed E-state index contributed by atoms with van der Waals surface area (Å²) in [5.41, 5.74) is 0.965. The Morgan fingerprint density at radius 1 is 1.20 bits per heavy atom. The van der Waals surface area contributed by atoms with E-state index in [1.54, 1.807) is 12.1 Å². The molecule has 1 amide bonds. The number of carbonyl (C=O) groups is 1. The Labute approximate surface area is 179 Å². The molecular formula is C21H24ClF3N2O3. The van der Waals surface area contributed by atoms with E-state index < -0.39 is 17.5 Å². The second-order valence-electron chi connectivity index (χ2n) is 6.97. The summed E-state index contributed by atoms with van der Waals surface area (Å²) in [6, 6.07) is 7.70. The molecule has 1 fully saturated rings. The van der Waals surface area contributed by atoms with Gasteiger partial charge in [-0.2, -0.15) is 0 Å². The zero-order valence-electron chi connectivity index (χ0n) is 16.7. The largest absolute Gasteiger partial charge is 0.494 e. The molecule has 0 saturated carbocycles. The number of ether oxygens (including phenoxy) is 2. The van der Waals surface area contributed by atoms with Crippen LogP contribution in [0.15, 0.2) is 36.4 Å². The summed E-state index contributed by atoms with van der Waals surface area (Å²) in [5, 5.41) is 3.28. The third-order valence-electron chi connectivity index (χ3n) is 4.92. The van der Waals surface area contributed by atoms with Crippen LogP contribution in [0.1, 0.15) is 24.1 Å². The van der Waals surface area contributed by atoms with Gasteiger partial charge in [0.15, 0.2) is 11.6 Å². The van der Waals surface area contributed by atoms with Crippen LogP contribution in [-0.4, -0.2) is 43.7 Å². The molecule has 0 bridgehead atoms. The molecule has 1 aliphatic heterocycles. The lowest BCUT2D eigenvalue weighted by atomic mass is 10.1. The molecule has 2 atom stereocenters. The van der Waals surface area contributed by atoms with Crippen molar-refractivity contribution >= 4 is 18.3 Å². The van der Waals surface area contributed by atoms with Crippen LogP contribution in [0.25, 0.3) is 0 Å². The first-order valence-corrected chi connectivity index (χ1v) is 9.27. The monoisotopic (exact) mass is 444 g/mol. The lowest BCUT2D eigenvalue weighted by Gasteiger charge is -2.33. The number of carbonyl (C=O) groups excluding carboxylic acids is 1. The third kappa shape index (κ3) is 5.87. The van der Waals surface area contributed by atoms with Crippen molar-refractivity contribution < 1.29 is 27.4 Å². The molecule has 9 heteroatoms. The highest BCUT2D eigenvalue weighted by Crippen LogP contribution is 2.23. The number of amides is 1. The second-order valence-corrected chi connectivity index (χ2v) is 6.97. The molecule has 0 spiro atoms. The molecule has 0 aromatic heterocycles. The van der Waals surface area contributed by atoms with Gasteiger partial charge in [-0.05, 0) is 42.8 Å². The van der Waals surface area contributed by atoms with Crippen molar-refractivity contribution in [1.29, 1.82) is 0 Å². The first kappa shape index (κ1) is 24.0. The molecule has 0 radical (unpaired) electrons. The first-order chi connectivity index (χ1) is 13.9. The van der Waals surface area contributed by atoms with Crippen molar-refractivity contribution in [3.05, 3.63) is 65.0 Å². The molecule has 1 unspecified atom stereocenters. The van der Waals surface area contributed by atoms with Crippen molar-refractivity contribution in [3.63, 3.8) is 0 Å². The molecule has 1 heterocycles. The number of rotatable bonds is 7. The number of hydrogen-bond donors (Lipinski definition) is 1. The van der Waals surface area contributed by atoms with Gasteiger partial charge in [0, 0.05) is 31.2 Å². The van der Waals surface area contributed by atoms with Gasteiger partial charge < -0.3 is 19.7 Å². The van der Waals surface area contributed by atoms with Crippen LogP contribution in [0.4, 0.5) is 13.2 Å². The summed E-state index contributed by atoms with van der Waals surface area (Å²) in [4.78, 5) is 13.6. The van der Waals surface area contributed by atoms with Crippen LogP contribution in [0.2, 0.25) is 0 Å². The van der Waals surface area contributed by atoms with Crippen molar-refractivity contribution in [1.82, 2.24) is 10.2 Å². The van der Waals surface area contributed by atoms with E-state index in [4.69, 9.17) is 9.47 Å². The first-order valence-electron chi connectivity index (χ1n) is 9.27. The fourth-order valence-electron chi connectivity index (χ4n) is 3.20. The smallest absolute Gasteiger partial charge is 0.248 e. The zero-order valence-corrected chi connectivity index (χ0v) is 17.5. The van der Waals surface area contributed by atoms with Gasteiger partial charge in [-0.15, -0.1) is 12.4 Å². The van der Waals surface area contributed by atoms with Crippen molar-refractivity contribution in [2.45, 2.75) is 25.6 Å². The van der Waals surface area contributed by atoms with E-state index in [1.165, 1.54) is 18.1 Å². The predicted octanol–water partition coefficient (Wildman–Crippen LogP) is 3.61. The summed E-state index contributed by atoms with van der Waals surface area (Å²) >= 11 is 0. The van der Waals surface area contributed by atoms with Gasteiger partial charge >= 0.3 is 0 Å². The fourth-order valence-corrected chi connectivity index (χ4v) is 3.20. The van der Waals surface area contributed by atoms with E-state index in [2.05, 4.69) is 5.32 Å². The Morgan fingerprint density at radius 3 is 2.67 bits per heavy atom. The summed E-state index contributed by atoms with van der Waals surface area (Å²) in [5.74, 6) is -1.65. The molecule has 5 nitrogen and oxygen atoms in total. The van der Waals surface area contributed by atoms with Crippen molar-refractivity contribution in [2.75, 3.05) is 26.8 Å². The number of nitrogens with one attached hydrogen (secondary N) is 1. The quantitative estimate of drug-likeness (QED) is 0.708. The highest BCUT2D eigenvalue weighted by Gasteiger charge is 2.27. The number of nitrogens with zero attached hydrogens (tertiary/aromatic N) is 1. The van der Waals surface area contributed by atoms with Gasteiger partial charge in [-0.3, -0.25) is 4.79 Å². The molecule has 2 aromatic carbocycles. The highest BCUT2D eigenvalue weighted by atomic mass is 35.5. The molecular weight excluding hydrogens is 421 g/mol. The molecule has 2 aromatic rings. The molecule has 1 aliphatic rings. The molecule has 1 saturated heterocycles. The van der Waals surface area contributed by atoms with Crippen LogP contribution in [0.3, 0.4) is 0 Å². The number of morpholine rings is 1. The van der Waals surface area contributed by atoms with Crippen molar-refractivity contribution in [2.24, 2.45) is 0 Å². The maximum Gasteiger partial charge on any atom is 0.248 e. The molecule has 30 heavy (non-hydrogen) atoms. The molecule has 0 aliphatic carbocycles. The van der Waals surface area contributed by atoms with E-state index in [9.17, 15) is 18.0 Å². The maximum absolute atomic E-state index is 13.9. The number of hydrogen-bond acceptors (Lipinski definition) is 4. The van der Waals surface area contributed by atoms with Gasteiger partial charge in [0.1, 0.15) is 18.2 Å². The number of halogens is 4. The number of benzene rings is 2. The summed E-state index contributed by atoms with van der Waals surface area (Å²) in [6.07, 6.45) is -0.311. The average molecular weight is 445 g/mol. The second kappa shape index (κ2) is 10.7. The standard InChI is InChI=1S/C21H23F3N2O3.ClH/c1-13(14-3-5-19(24)20(8-14)28-2)25-9-17-11-26(21(27)12-29-17)10-15-7-16(22)4-6-18(15)23;/h3-8,13,17,25H,9-12H2,1-2H3;1H/t13-,17?;/m1./s1. The van der Waals surface area contributed by atoms with Gasteiger partial charge in [0.05, 0.1) is 13.2 Å². The fraction of sp³-hybridized carbons (Fsp3) is 0.381. The SMILES string of the molecule is COc1cc([C@@H](C)NCC2CN(Cc3cc(F)ccc3F)C(=O)CO2)ccc1F.Cl. The zero-order chi connectivity index (χ0) is 21.0. The minimum atomic E-state index is -0.556. The van der Waals surface area contributed by atoms with Gasteiger partial charge in [0.25, 0.3) is 0 Å². The van der Waals surface area contributed by atoms with Crippen LogP contribution < -0.4 is 10.1 Å². The van der Waals surface area contributed by atoms with E-state index in [-0.39, 0.29) is 61.5 Å². The van der Waals surface area contributed by atoms with E-state index in [1.807, 2.05) is 6.92 Å². The maximum atomic E-state index is 13.9. The van der Waals surface area contributed by atoms with Crippen LogP contribution in [0.5, 0.6) is 5.75 Å². The van der Waals surface area contributed by atoms with Crippen LogP contribution >= 0.6 is 12.4 Å². The normalized spacial score (nSPS) is 17.4. The minimum absolute atomic E-state index is 0. The Bertz CT molecular complexity index is 885. The van der Waals surface area contributed by atoms with E-state index in [0.717, 1.165) is 23.8 Å². The third-order valence-corrected chi connectivity index (χ3v) is 4.92. The van der Waals surface area contributed by atoms with Crippen LogP contribution in [-0.2, 0) is 16.1 Å². The summed E-state index contributed by atoms with van der Waals surface area (Å²) in [6.45, 7) is 2.45. The van der Waals surface area contributed by atoms with Crippen molar-refractivity contribution in [3.8, 4) is 5.75 Å². The predicted molar refractivity (Wildman–Crippen MR) is 108 cm³/mol. The van der Waals surface area contributed by atoms with E-state index in [0.29, 0.717) is 6.54 Å². The molecule has 164 valence electrons. The topological polar surface area (TPSA) is 50.8 Å². The Morgan fingerprint density at radius 2 is 1.93 bits per heavy atom. The average Bonchev–Trinajstić information content (AvgIpc) is 2.71. The van der Waals surface area contributed by atoms with E-state index >= 15 is 0 Å². The van der Waals surface area contributed by atoms with Gasteiger partial charge in [0.2, 0.25) is 5.91 Å². The summed E-state index contributed by atoms with van der Waals surface area (Å²) in [7, 11) is 1.41. The molecule has 3 rings (SSSR count). The highest BCUT2D eigenvalue weighted by molar-refractivity contribution is 5.85. The van der Waals surface area contributed by atoms with Gasteiger partial charge in [-0.25, -0.2) is 13.2 Å². The molecule has 1 N–H and O–H groups in total. The lowest BCUT2D eigenvalue weighted by molar-refractivity contribution is -0.149. The Hall–Kier alpha value is -2.29. The van der Waals surface area contributed by atoms with Crippen LogP contribution in [0, 0.1) is 17.5 Å². The Balaban J connectivity index is 0.00000320. The Kier molecular flexibility index (Phi) is 8.52. The number of methoxy groups -OCH3 is 1. The summed E-state index contributed by atoms with van der Waals surface area (Å²) < 4.78 is 51.4.